The highest BCUT2D eigenvalue weighted by molar-refractivity contribution is 4.74. The Morgan fingerprint density at radius 3 is 2.25 bits per heavy atom. The van der Waals surface area contributed by atoms with E-state index >= 15 is 0 Å². The third kappa shape index (κ3) is 3.05. The van der Waals surface area contributed by atoms with Crippen LogP contribution in [0.25, 0.3) is 0 Å². The van der Waals surface area contributed by atoms with Crippen LogP contribution in [0.2, 0.25) is 0 Å². The molecule has 1 nitrogen and oxygen atoms in total. The Kier molecular flexibility index (Phi) is 3.92. The van der Waals surface area contributed by atoms with Crippen molar-refractivity contribution in [1.29, 1.82) is 0 Å². The van der Waals surface area contributed by atoms with Crippen molar-refractivity contribution in [2.45, 2.75) is 51.1 Å². The average Bonchev–Trinajstić information content (AvgIpc) is 2.51. The molecule has 0 amide bonds. The lowest BCUT2D eigenvalue weighted by Gasteiger charge is -2.16. The zero-order chi connectivity index (χ0) is 8.97. The van der Waals surface area contributed by atoms with E-state index < -0.39 is 12.5 Å². The van der Waals surface area contributed by atoms with Gasteiger partial charge in [-0.1, -0.05) is 12.8 Å². The van der Waals surface area contributed by atoms with Gasteiger partial charge in [0, 0.05) is 6.42 Å². The average molecular weight is 178 g/mol. The molecular formula is C9H16F2O. The molecule has 1 atom stereocenters. The van der Waals surface area contributed by atoms with Crippen molar-refractivity contribution in [3.05, 3.63) is 0 Å². The maximum atomic E-state index is 11.8. The van der Waals surface area contributed by atoms with Gasteiger partial charge in [-0.15, -0.1) is 0 Å². The normalized spacial score (nSPS) is 22.0. The summed E-state index contributed by atoms with van der Waals surface area (Å²) in [6.45, 7) is 0. The van der Waals surface area contributed by atoms with Gasteiger partial charge in [0.2, 0.25) is 6.43 Å². The van der Waals surface area contributed by atoms with E-state index in [1.54, 1.807) is 0 Å². The van der Waals surface area contributed by atoms with Gasteiger partial charge in [0.25, 0.3) is 0 Å². The molecule has 0 aromatic rings. The van der Waals surface area contributed by atoms with E-state index in [-0.39, 0.29) is 12.8 Å². The summed E-state index contributed by atoms with van der Waals surface area (Å²) in [6.07, 6.45) is 1.70. The second-order valence-corrected chi connectivity index (χ2v) is 3.58. The van der Waals surface area contributed by atoms with Crippen LogP contribution < -0.4 is 0 Å². The highest BCUT2D eigenvalue weighted by Crippen LogP contribution is 2.29. The number of halogens is 2. The first-order chi connectivity index (χ1) is 5.70. The molecule has 3 heteroatoms. The summed E-state index contributed by atoms with van der Waals surface area (Å²) in [6, 6.07) is 0. The fourth-order valence-corrected chi connectivity index (χ4v) is 1.87. The lowest BCUT2D eigenvalue weighted by atomic mass is 9.97. The summed E-state index contributed by atoms with van der Waals surface area (Å²) in [4.78, 5) is 0. The maximum Gasteiger partial charge on any atom is 0.238 e. The first kappa shape index (κ1) is 9.90. The number of aliphatic hydroxyl groups is 1. The van der Waals surface area contributed by atoms with Gasteiger partial charge in [-0.25, -0.2) is 8.78 Å². The van der Waals surface area contributed by atoms with Gasteiger partial charge in [-0.05, 0) is 25.2 Å². The number of aliphatic hydroxyl groups excluding tert-OH is 1. The Bertz CT molecular complexity index is 122. The Balaban J connectivity index is 2.13. The van der Waals surface area contributed by atoms with Crippen LogP contribution in [-0.2, 0) is 0 Å². The van der Waals surface area contributed by atoms with Gasteiger partial charge < -0.3 is 5.11 Å². The molecule has 1 aliphatic rings. The van der Waals surface area contributed by atoms with Crippen LogP contribution >= 0.6 is 0 Å². The van der Waals surface area contributed by atoms with E-state index in [9.17, 15) is 13.9 Å². The fraction of sp³-hybridized carbons (Fsp3) is 1.00. The first-order valence-electron chi connectivity index (χ1n) is 4.66. The van der Waals surface area contributed by atoms with Crippen LogP contribution in [0.3, 0.4) is 0 Å². The molecule has 1 aliphatic carbocycles. The summed E-state index contributed by atoms with van der Waals surface area (Å²) in [5.74, 6) is 0.295. The van der Waals surface area contributed by atoms with Gasteiger partial charge in [0.1, 0.15) is 0 Å². The minimum Gasteiger partial charge on any atom is -0.393 e. The smallest absolute Gasteiger partial charge is 0.238 e. The molecule has 0 aliphatic heterocycles. The topological polar surface area (TPSA) is 20.2 Å². The quantitative estimate of drug-likeness (QED) is 0.701. The molecule has 1 N–H and O–H groups in total. The molecule has 0 saturated heterocycles. The number of hydrogen-bond donors (Lipinski definition) is 1. The minimum absolute atomic E-state index is 0.155. The zero-order valence-electron chi connectivity index (χ0n) is 7.18. The van der Waals surface area contributed by atoms with E-state index in [1.165, 1.54) is 0 Å². The number of hydrogen-bond acceptors (Lipinski definition) is 1. The van der Waals surface area contributed by atoms with Crippen LogP contribution in [0.1, 0.15) is 38.5 Å². The highest BCUT2D eigenvalue weighted by Gasteiger charge is 2.23. The van der Waals surface area contributed by atoms with Gasteiger partial charge in [0.15, 0.2) is 0 Å². The SMILES string of the molecule is OC(CCC(F)F)C1CCCC1. The van der Waals surface area contributed by atoms with Crippen molar-refractivity contribution in [3.8, 4) is 0 Å². The summed E-state index contributed by atoms with van der Waals surface area (Å²) >= 11 is 0. The molecule has 0 radical (unpaired) electrons. The highest BCUT2D eigenvalue weighted by atomic mass is 19.3. The molecular weight excluding hydrogens is 162 g/mol. The van der Waals surface area contributed by atoms with E-state index in [0.29, 0.717) is 5.92 Å². The first-order valence-corrected chi connectivity index (χ1v) is 4.66. The van der Waals surface area contributed by atoms with E-state index in [4.69, 9.17) is 0 Å². The van der Waals surface area contributed by atoms with E-state index in [1.807, 2.05) is 0 Å². The molecule has 72 valence electrons. The fourth-order valence-electron chi connectivity index (χ4n) is 1.87. The number of rotatable bonds is 4. The molecule has 1 saturated carbocycles. The van der Waals surface area contributed by atoms with Gasteiger partial charge in [-0.2, -0.15) is 0 Å². The second-order valence-electron chi connectivity index (χ2n) is 3.58. The molecule has 0 aromatic carbocycles. The second kappa shape index (κ2) is 4.75. The van der Waals surface area contributed by atoms with Crippen molar-refractivity contribution in [3.63, 3.8) is 0 Å². The van der Waals surface area contributed by atoms with Crippen LogP contribution in [0, 0.1) is 5.92 Å². The predicted molar refractivity (Wildman–Crippen MR) is 43.2 cm³/mol. The predicted octanol–water partition coefficient (Wildman–Crippen LogP) is 2.58. The Labute approximate surface area is 71.8 Å². The standard InChI is InChI=1S/C9H16F2O/c10-9(11)6-5-8(12)7-3-1-2-4-7/h7-9,12H,1-6H2. The van der Waals surface area contributed by atoms with E-state index in [2.05, 4.69) is 0 Å². The molecule has 0 heterocycles. The Morgan fingerprint density at radius 2 is 1.75 bits per heavy atom. The monoisotopic (exact) mass is 178 g/mol. The van der Waals surface area contributed by atoms with Crippen molar-refractivity contribution in [1.82, 2.24) is 0 Å². The van der Waals surface area contributed by atoms with Crippen molar-refractivity contribution in [2.24, 2.45) is 5.92 Å². The summed E-state index contributed by atoms with van der Waals surface area (Å²) in [5.41, 5.74) is 0. The molecule has 0 aromatic heterocycles. The largest absolute Gasteiger partial charge is 0.393 e. The van der Waals surface area contributed by atoms with Gasteiger partial charge in [0.05, 0.1) is 6.10 Å². The van der Waals surface area contributed by atoms with Crippen molar-refractivity contribution >= 4 is 0 Å². The van der Waals surface area contributed by atoms with Gasteiger partial charge >= 0.3 is 0 Å². The summed E-state index contributed by atoms with van der Waals surface area (Å²) < 4.78 is 23.5. The molecule has 1 rings (SSSR count). The maximum absolute atomic E-state index is 11.8. The van der Waals surface area contributed by atoms with Crippen molar-refractivity contribution < 1.29 is 13.9 Å². The molecule has 0 spiro atoms. The summed E-state index contributed by atoms with van der Waals surface area (Å²) in [7, 11) is 0. The lowest BCUT2D eigenvalue weighted by Crippen LogP contribution is -2.18. The Morgan fingerprint density at radius 1 is 1.17 bits per heavy atom. The van der Waals surface area contributed by atoms with Crippen LogP contribution in [0.4, 0.5) is 8.78 Å². The van der Waals surface area contributed by atoms with Crippen LogP contribution in [-0.4, -0.2) is 17.6 Å². The summed E-state index contributed by atoms with van der Waals surface area (Å²) in [5, 5.41) is 9.46. The van der Waals surface area contributed by atoms with Crippen molar-refractivity contribution in [2.75, 3.05) is 0 Å². The molecule has 0 bridgehead atoms. The number of alkyl halides is 2. The Hall–Kier alpha value is -0.180. The molecule has 1 fully saturated rings. The lowest BCUT2D eigenvalue weighted by molar-refractivity contribution is 0.0655. The third-order valence-corrected chi connectivity index (χ3v) is 2.62. The zero-order valence-corrected chi connectivity index (χ0v) is 7.18. The molecule has 12 heavy (non-hydrogen) atoms. The van der Waals surface area contributed by atoms with Crippen LogP contribution in [0.15, 0.2) is 0 Å². The molecule has 1 unspecified atom stereocenters. The van der Waals surface area contributed by atoms with Gasteiger partial charge in [-0.3, -0.25) is 0 Å². The van der Waals surface area contributed by atoms with E-state index in [0.717, 1.165) is 25.7 Å². The third-order valence-electron chi connectivity index (χ3n) is 2.62. The van der Waals surface area contributed by atoms with Crippen LogP contribution in [0.5, 0.6) is 0 Å². The minimum atomic E-state index is -2.26.